The Morgan fingerprint density at radius 1 is 1.54 bits per heavy atom. The van der Waals surface area contributed by atoms with Crippen LogP contribution in [0.4, 0.5) is 0 Å². The Morgan fingerprint density at radius 3 is 2.92 bits per heavy atom. The fraction of sp³-hybridized carbons (Fsp3) is 0.900. The van der Waals surface area contributed by atoms with Gasteiger partial charge in [-0.2, -0.15) is 0 Å². The van der Waals surface area contributed by atoms with E-state index in [1.165, 1.54) is 0 Å². The summed E-state index contributed by atoms with van der Waals surface area (Å²) in [5.74, 6) is 0.709. The van der Waals surface area contributed by atoms with Gasteiger partial charge in [0.15, 0.2) is 0 Å². The van der Waals surface area contributed by atoms with Crippen LogP contribution >= 0.6 is 0 Å². The van der Waals surface area contributed by atoms with Crippen LogP contribution in [0.15, 0.2) is 0 Å². The van der Waals surface area contributed by atoms with Crippen LogP contribution in [0, 0.1) is 5.92 Å². The third kappa shape index (κ3) is 3.77. The molecule has 2 N–H and O–H groups in total. The summed E-state index contributed by atoms with van der Waals surface area (Å²) in [6, 6.07) is 0.350. The molecule has 0 aromatic heterocycles. The normalized spacial score (nSPS) is 28.6. The van der Waals surface area contributed by atoms with Crippen molar-refractivity contribution >= 4 is 5.91 Å². The zero-order chi connectivity index (χ0) is 9.68. The van der Waals surface area contributed by atoms with Gasteiger partial charge in [-0.25, -0.2) is 0 Å². The van der Waals surface area contributed by atoms with Crippen LogP contribution < -0.4 is 5.32 Å². The maximum absolute atomic E-state index is 11.2. The van der Waals surface area contributed by atoms with Gasteiger partial charge >= 0.3 is 0 Å². The van der Waals surface area contributed by atoms with Crippen LogP contribution in [0.2, 0.25) is 0 Å². The number of carbonyl (C=O) groups excluding carboxylic acids is 1. The van der Waals surface area contributed by atoms with E-state index < -0.39 is 0 Å². The standard InChI is InChI=1S/C10H19NO2/c1-8-6-9(4-2-3-5-12)11-10(13)7-8/h8-9,12H,2-7H2,1H3,(H,11,13)/t8-,9+/m0/s1. The molecule has 1 heterocycles. The number of carbonyl (C=O) groups is 1. The minimum atomic E-state index is 0.188. The van der Waals surface area contributed by atoms with Crippen molar-refractivity contribution < 1.29 is 9.90 Å². The summed E-state index contributed by atoms with van der Waals surface area (Å²) in [5, 5.41) is 11.6. The van der Waals surface area contributed by atoms with Crippen LogP contribution in [-0.2, 0) is 4.79 Å². The molecule has 0 saturated carbocycles. The highest BCUT2D eigenvalue weighted by Crippen LogP contribution is 2.19. The molecule has 3 heteroatoms. The fourth-order valence-corrected chi connectivity index (χ4v) is 1.92. The predicted molar refractivity (Wildman–Crippen MR) is 51.3 cm³/mol. The number of aliphatic hydroxyl groups is 1. The predicted octanol–water partition coefficient (Wildman–Crippen LogP) is 1.06. The molecule has 1 aliphatic rings. The fourth-order valence-electron chi connectivity index (χ4n) is 1.92. The summed E-state index contributed by atoms with van der Waals surface area (Å²) < 4.78 is 0. The van der Waals surface area contributed by atoms with E-state index in [1.54, 1.807) is 0 Å². The number of unbranched alkanes of at least 4 members (excludes halogenated alkanes) is 1. The van der Waals surface area contributed by atoms with E-state index in [1.807, 2.05) is 0 Å². The molecular formula is C10H19NO2. The lowest BCUT2D eigenvalue weighted by Gasteiger charge is -2.27. The molecule has 1 saturated heterocycles. The molecule has 1 rings (SSSR count). The van der Waals surface area contributed by atoms with E-state index in [9.17, 15) is 4.79 Å². The molecule has 13 heavy (non-hydrogen) atoms. The van der Waals surface area contributed by atoms with E-state index in [0.29, 0.717) is 18.4 Å². The van der Waals surface area contributed by atoms with E-state index in [4.69, 9.17) is 5.11 Å². The van der Waals surface area contributed by atoms with Gasteiger partial charge < -0.3 is 10.4 Å². The van der Waals surface area contributed by atoms with Gasteiger partial charge in [0.25, 0.3) is 0 Å². The van der Waals surface area contributed by atoms with Crippen molar-refractivity contribution in [2.75, 3.05) is 6.61 Å². The number of amides is 1. The van der Waals surface area contributed by atoms with Gasteiger partial charge in [-0.15, -0.1) is 0 Å². The van der Waals surface area contributed by atoms with Gasteiger partial charge in [0.2, 0.25) is 5.91 Å². The Bertz CT molecular complexity index is 170. The average molecular weight is 185 g/mol. The lowest BCUT2D eigenvalue weighted by Crippen LogP contribution is -2.41. The summed E-state index contributed by atoms with van der Waals surface area (Å²) >= 11 is 0. The van der Waals surface area contributed by atoms with Gasteiger partial charge in [-0.1, -0.05) is 6.92 Å². The first-order valence-corrected chi connectivity index (χ1v) is 5.12. The number of hydrogen-bond acceptors (Lipinski definition) is 2. The van der Waals surface area contributed by atoms with E-state index in [-0.39, 0.29) is 12.5 Å². The molecule has 0 radical (unpaired) electrons. The Balaban J connectivity index is 2.21. The van der Waals surface area contributed by atoms with Crippen LogP contribution in [0.3, 0.4) is 0 Å². The van der Waals surface area contributed by atoms with E-state index >= 15 is 0 Å². The second-order valence-corrected chi connectivity index (χ2v) is 4.03. The SMILES string of the molecule is C[C@@H]1CC(=O)N[C@H](CCCCO)C1. The molecule has 76 valence electrons. The molecule has 1 aliphatic heterocycles. The molecule has 0 bridgehead atoms. The maximum Gasteiger partial charge on any atom is 0.220 e. The number of nitrogens with one attached hydrogen (secondary N) is 1. The largest absolute Gasteiger partial charge is 0.396 e. The lowest BCUT2D eigenvalue weighted by atomic mass is 9.91. The highest BCUT2D eigenvalue weighted by atomic mass is 16.2. The number of piperidine rings is 1. The van der Waals surface area contributed by atoms with Gasteiger partial charge in [0.1, 0.15) is 0 Å². The molecule has 0 aliphatic carbocycles. The molecule has 3 nitrogen and oxygen atoms in total. The highest BCUT2D eigenvalue weighted by Gasteiger charge is 2.22. The van der Waals surface area contributed by atoms with Gasteiger partial charge in [-0.05, 0) is 31.6 Å². The first-order chi connectivity index (χ1) is 6.22. The molecule has 0 spiro atoms. The third-order valence-electron chi connectivity index (χ3n) is 2.55. The Hall–Kier alpha value is -0.570. The molecule has 2 atom stereocenters. The molecular weight excluding hydrogens is 166 g/mol. The lowest BCUT2D eigenvalue weighted by molar-refractivity contribution is -0.124. The smallest absolute Gasteiger partial charge is 0.220 e. The van der Waals surface area contributed by atoms with Gasteiger partial charge in [0, 0.05) is 19.1 Å². The monoisotopic (exact) mass is 185 g/mol. The summed E-state index contributed by atoms with van der Waals surface area (Å²) in [6.07, 6.45) is 4.64. The minimum Gasteiger partial charge on any atom is -0.396 e. The molecule has 0 unspecified atom stereocenters. The van der Waals surface area contributed by atoms with Crippen molar-refractivity contribution in [2.45, 2.75) is 45.1 Å². The van der Waals surface area contributed by atoms with Crippen LogP contribution in [0.25, 0.3) is 0 Å². The zero-order valence-electron chi connectivity index (χ0n) is 8.25. The number of aliphatic hydroxyl groups excluding tert-OH is 1. The highest BCUT2D eigenvalue weighted by molar-refractivity contribution is 5.77. The summed E-state index contributed by atoms with van der Waals surface area (Å²) in [4.78, 5) is 11.2. The average Bonchev–Trinajstić information content (AvgIpc) is 2.03. The molecule has 1 fully saturated rings. The van der Waals surface area contributed by atoms with Crippen molar-refractivity contribution in [2.24, 2.45) is 5.92 Å². The van der Waals surface area contributed by atoms with Gasteiger partial charge in [0.05, 0.1) is 0 Å². The van der Waals surface area contributed by atoms with Crippen LogP contribution in [0.5, 0.6) is 0 Å². The maximum atomic E-state index is 11.2. The van der Waals surface area contributed by atoms with Crippen LogP contribution in [-0.4, -0.2) is 23.7 Å². The Morgan fingerprint density at radius 2 is 2.31 bits per heavy atom. The topological polar surface area (TPSA) is 49.3 Å². The Kier molecular flexibility index (Phi) is 4.22. The molecule has 1 amide bonds. The minimum absolute atomic E-state index is 0.188. The van der Waals surface area contributed by atoms with Crippen molar-refractivity contribution in [1.82, 2.24) is 5.32 Å². The van der Waals surface area contributed by atoms with Crippen LogP contribution in [0.1, 0.15) is 39.0 Å². The van der Waals surface area contributed by atoms with Crippen molar-refractivity contribution in [3.8, 4) is 0 Å². The van der Waals surface area contributed by atoms with E-state index in [2.05, 4.69) is 12.2 Å². The summed E-state index contributed by atoms with van der Waals surface area (Å²) in [5.41, 5.74) is 0. The first-order valence-electron chi connectivity index (χ1n) is 5.12. The number of rotatable bonds is 4. The molecule has 0 aromatic carbocycles. The number of hydrogen-bond donors (Lipinski definition) is 2. The second kappa shape index (κ2) is 5.22. The third-order valence-corrected chi connectivity index (χ3v) is 2.55. The molecule has 0 aromatic rings. The zero-order valence-corrected chi connectivity index (χ0v) is 8.25. The first kappa shape index (κ1) is 10.5. The summed E-state index contributed by atoms with van der Waals surface area (Å²) in [6.45, 7) is 2.38. The second-order valence-electron chi connectivity index (χ2n) is 4.03. The quantitative estimate of drug-likeness (QED) is 0.643. The summed E-state index contributed by atoms with van der Waals surface area (Å²) in [7, 11) is 0. The van der Waals surface area contributed by atoms with Crippen molar-refractivity contribution in [3.05, 3.63) is 0 Å². The van der Waals surface area contributed by atoms with Gasteiger partial charge in [-0.3, -0.25) is 4.79 Å². The van der Waals surface area contributed by atoms with Crippen molar-refractivity contribution in [3.63, 3.8) is 0 Å². The van der Waals surface area contributed by atoms with Crippen molar-refractivity contribution in [1.29, 1.82) is 0 Å². The van der Waals surface area contributed by atoms with E-state index in [0.717, 1.165) is 25.7 Å². The Labute approximate surface area is 79.5 Å².